The van der Waals surface area contributed by atoms with Gasteiger partial charge in [0.2, 0.25) is 5.91 Å². The summed E-state index contributed by atoms with van der Waals surface area (Å²) in [4.78, 5) is 33.9. The zero-order valence-corrected chi connectivity index (χ0v) is 13.6. The minimum atomic E-state index is -1.01. The number of carboxylic acids is 1. The Morgan fingerprint density at radius 2 is 2.12 bits per heavy atom. The Bertz CT molecular complexity index is 698. The van der Waals surface area contributed by atoms with E-state index in [-0.39, 0.29) is 31.3 Å². The number of carbonyl (C=O) groups excluding carboxylic acids is 2. The van der Waals surface area contributed by atoms with Crippen molar-refractivity contribution in [2.24, 2.45) is 0 Å². The van der Waals surface area contributed by atoms with Crippen molar-refractivity contribution in [3.63, 3.8) is 0 Å². The molecule has 2 aromatic rings. The average Bonchev–Trinajstić information content (AvgIpc) is 3.20. The summed E-state index contributed by atoms with van der Waals surface area (Å²) in [5.74, 6) is -1.33. The first-order chi connectivity index (χ1) is 11.5. The predicted octanol–water partition coefficient (Wildman–Crippen LogP) is 0.251. The minimum Gasteiger partial charge on any atom is -0.480 e. The molecule has 0 saturated carbocycles. The largest absolute Gasteiger partial charge is 0.480 e. The Kier molecular flexibility index (Phi) is 6.43. The molecule has 3 N–H and O–H groups in total. The van der Waals surface area contributed by atoms with Crippen LogP contribution in [-0.4, -0.2) is 44.4 Å². The van der Waals surface area contributed by atoms with Crippen LogP contribution in [0.1, 0.15) is 28.9 Å². The SMILES string of the molecule is O=C(O)Cn1cc(CNC(=O)CCCNC(=O)c2ccsc2)nn1. The maximum Gasteiger partial charge on any atom is 0.325 e. The van der Waals surface area contributed by atoms with Crippen molar-refractivity contribution in [2.75, 3.05) is 6.54 Å². The minimum absolute atomic E-state index is 0.147. The van der Waals surface area contributed by atoms with Crippen molar-refractivity contribution in [2.45, 2.75) is 25.9 Å². The van der Waals surface area contributed by atoms with Crippen LogP contribution < -0.4 is 10.6 Å². The molecule has 0 aliphatic rings. The summed E-state index contributed by atoms with van der Waals surface area (Å²) in [6, 6.07) is 1.74. The van der Waals surface area contributed by atoms with E-state index in [1.807, 2.05) is 5.38 Å². The van der Waals surface area contributed by atoms with Gasteiger partial charge in [-0.15, -0.1) is 5.10 Å². The molecule has 0 atom stereocenters. The van der Waals surface area contributed by atoms with E-state index in [1.165, 1.54) is 22.2 Å². The maximum atomic E-state index is 11.7. The summed E-state index contributed by atoms with van der Waals surface area (Å²) in [7, 11) is 0. The number of aliphatic carboxylic acids is 1. The summed E-state index contributed by atoms with van der Waals surface area (Å²) in [5, 5.41) is 25.0. The summed E-state index contributed by atoms with van der Waals surface area (Å²) in [6.07, 6.45) is 2.26. The third kappa shape index (κ3) is 5.80. The number of carboxylic acid groups (broad SMARTS) is 1. The third-order valence-corrected chi connectivity index (χ3v) is 3.68. The quantitative estimate of drug-likeness (QED) is 0.556. The second-order valence-corrected chi connectivity index (χ2v) is 5.73. The topological polar surface area (TPSA) is 126 Å². The van der Waals surface area contributed by atoms with Crippen molar-refractivity contribution in [1.82, 2.24) is 25.6 Å². The first-order valence-corrected chi connectivity index (χ1v) is 8.17. The summed E-state index contributed by atoms with van der Waals surface area (Å²) < 4.78 is 1.18. The molecule has 0 aromatic carbocycles. The second-order valence-electron chi connectivity index (χ2n) is 4.95. The number of amides is 2. The van der Waals surface area contributed by atoms with Crippen LogP contribution in [0.5, 0.6) is 0 Å². The van der Waals surface area contributed by atoms with Crippen LogP contribution >= 0.6 is 11.3 Å². The Hall–Kier alpha value is -2.75. The van der Waals surface area contributed by atoms with E-state index < -0.39 is 5.97 Å². The Balaban J connectivity index is 1.60. The van der Waals surface area contributed by atoms with Crippen LogP contribution in [0, 0.1) is 0 Å². The Morgan fingerprint density at radius 1 is 1.29 bits per heavy atom. The number of hydrogen-bond donors (Lipinski definition) is 3. The number of thiophene rings is 1. The van der Waals surface area contributed by atoms with Crippen LogP contribution in [0.2, 0.25) is 0 Å². The van der Waals surface area contributed by atoms with Crippen molar-refractivity contribution in [3.05, 3.63) is 34.3 Å². The summed E-state index contributed by atoms with van der Waals surface area (Å²) in [6.45, 7) is 0.321. The first-order valence-electron chi connectivity index (χ1n) is 7.22. The van der Waals surface area contributed by atoms with Crippen LogP contribution in [0.4, 0.5) is 0 Å². The van der Waals surface area contributed by atoms with E-state index >= 15 is 0 Å². The van der Waals surface area contributed by atoms with Gasteiger partial charge in [-0.2, -0.15) is 11.3 Å². The first kappa shape index (κ1) is 17.6. The number of rotatable bonds is 9. The van der Waals surface area contributed by atoms with Crippen molar-refractivity contribution >= 4 is 29.1 Å². The fraction of sp³-hybridized carbons (Fsp3) is 0.357. The van der Waals surface area contributed by atoms with Gasteiger partial charge in [0, 0.05) is 23.9 Å². The molecule has 0 aliphatic heterocycles. The molecule has 0 aliphatic carbocycles. The highest BCUT2D eigenvalue weighted by Gasteiger charge is 2.08. The van der Waals surface area contributed by atoms with Gasteiger partial charge >= 0.3 is 5.97 Å². The standard InChI is InChI=1S/C14H17N5O4S/c20-12(2-1-4-15-14(23)10-3-5-24-9-10)16-6-11-7-19(18-17-11)8-13(21)22/h3,5,7,9H,1-2,4,6,8H2,(H,15,23)(H,16,20)(H,21,22). The van der Waals surface area contributed by atoms with Gasteiger partial charge in [-0.25, -0.2) is 4.68 Å². The predicted molar refractivity (Wildman–Crippen MR) is 85.4 cm³/mol. The molecular formula is C14H17N5O4S. The maximum absolute atomic E-state index is 11.7. The highest BCUT2D eigenvalue weighted by atomic mass is 32.1. The lowest BCUT2D eigenvalue weighted by Crippen LogP contribution is -2.27. The van der Waals surface area contributed by atoms with E-state index in [0.717, 1.165) is 0 Å². The lowest BCUT2D eigenvalue weighted by Gasteiger charge is -2.04. The number of nitrogens with zero attached hydrogens (tertiary/aromatic N) is 3. The van der Waals surface area contributed by atoms with Crippen molar-refractivity contribution in [1.29, 1.82) is 0 Å². The highest BCUT2D eigenvalue weighted by molar-refractivity contribution is 7.08. The normalized spacial score (nSPS) is 10.3. The van der Waals surface area contributed by atoms with Gasteiger partial charge in [-0.3, -0.25) is 14.4 Å². The number of hydrogen-bond acceptors (Lipinski definition) is 6. The molecule has 2 aromatic heterocycles. The number of nitrogens with one attached hydrogen (secondary N) is 2. The molecule has 24 heavy (non-hydrogen) atoms. The molecule has 0 fully saturated rings. The van der Waals surface area contributed by atoms with Gasteiger partial charge < -0.3 is 15.7 Å². The zero-order valence-electron chi connectivity index (χ0n) is 12.8. The van der Waals surface area contributed by atoms with Gasteiger partial charge in [0.05, 0.1) is 12.7 Å². The lowest BCUT2D eigenvalue weighted by molar-refractivity contribution is -0.138. The molecule has 10 heteroatoms. The molecule has 0 unspecified atom stereocenters. The molecule has 128 valence electrons. The smallest absolute Gasteiger partial charge is 0.325 e. The molecule has 2 amide bonds. The van der Waals surface area contributed by atoms with Crippen molar-refractivity contribution in [3.8, 4) is 0 Å². The molecule has 9 nitrogen and oxygen atoms in total. The fourth-order valence-corrected chi connectivity index (χ4v) is 2.50. The van der Waals surface area contributed by atoms with Crippen LogP contribution in [0.25, 0.3) is 0 Å². The van der Waals surface area contributed by atoms with Crippen molar-refractivity contribution < 1.29 is 19.5 Å². The Labute approximate surface area is 141 Å². The molecule has 2 heterocycles. The van der Waals surface area contributed by atoms with E-state index in [2.05, 4.69) is 20.9 Å². The monoisotopic (exact) mass is 351 g/mol. The fourth-order valence-electron chi connectivity index (χ4n) is 1.86. The van der Waals surface area contributed by atoms with Crippen LogP contribution in [0.15, 0.2) is 23.0 Å². The molecule has 0 saturated heterocycles. The third-order valence-electron chi connectivity index (χ3n) is 3.00. The molecule has 0 spiro atoms. The van der Waals surface area contributed by atoms with Crippen LogP contribution in [-0.2, 0) is 22.7 Å². The lowest BCUT2D eigenvalue weighted by atomic mass is 10.2. The van der Waals surface area contributed by atoms with Crippen LogP contribution in [0.3, 0.4) is 0 Å². The summed E-state index contributed by atoms with van der Waals surface area (Å²) >= 11 is 1.45. The Morgan fingerprint density at radius 3 is 2.83 bits per heavy atom. The van der Waals surface area contributed by atoms with Gasteiger partial charge in [-0.05, 0) is 17.9 Å². The number of aromatic nitrogens is 3. The molecule has 0 radical (unpaired) electrons. The molecule has 0 bridgehead atoms. The second kappa shape index (κ2) is 8.77. The van der Waals surface area contributed by atoms with Gasteiger partial charge in [0.15, 0.2) is 0 Å². The van der Waals surface area contributed by atoms with E-state index in [4.69, 9.17) is 5.11 Å². The van der Waals surface area contributed by atoms with E-state index in [0.29, 0.717) is 24.2 Å². The van der Waals surface area contributed by atoms with Gasteiger partial charge in [0.25, 0.3) is 5.91 Å². The summed E-state index contributed by atoms with van der Waals surface area (Å²) in [5.41, 5.74) is 1.10. The number of carbonyl (C=O) groups is 3. The molecular weight excluding hydrogens is 334 g/mol. The van der Waals surface area contributed by atoms with Gasteiger partial charge in [-0.1, -0.05) is 5.21 Å². The van der Waals surface area contributed by atoms with E-state index in [1.54, 1.807) is 11.4 Å². The average molecular weight is 351 g/mol. The molecule has 2 rings (SSSR count). The zero-order chi connectivity index (χ0) is 17.4. The highest BCUT2D eigenvalue weighted by Crippen LogP contribution is 2.05. The van der Waals surface area contributed by atoms with Gasteiger partial charge in [0.1, 0.15) is 12.2 Å². The van der Waals surface area contributed by atoms with E-state index in [9.17, 15) is 14.4 Å².